The van der Waals surface area contributed by atoms with Crippen molar-refractivity contribution in [2.24, 2.45) is 0 Å². The summed E-state index contributed by atoms with van der Waals surface area (Å²) in [5, 5.41) is 10.4. The first-order valence-corrected chi connectivity index (χ1v) is 14.4. The fourth-order valence-corrected chi connectivity index (χ4v) is 4.81. The van der Waals surface area contributed by atoms with Gasteiger partial charge in [0, 0.05) is 47.7 Å². The Labute approximate surface area is 230 Å². The molecule has 0 saturated carbocycles. The smallest absolute Gasteiger partial charge is 0.407 e. The Morgan fingerprint density at radius 3 is 2.82 bits per heavy atom. The first-order valence-electron chi connectivity index (χ1n) is 12.1. The summed E-state index contributed by atoms with van der Waals surface area (Å²) in [6.45, 7) is 2.66. The monoisotopic (exact) mass is 581 g/mol. The van der Waals surface area contributed by atoms with E-state index in [0.29, 0.717) is 24.4 Å². The Kier molecular flexibility index (Phi) is 8.87. The normalized spacial score (nSPS) is 16.4. The highest BCUT2D eigenvalue weighted by Crippen LogP contribution is 2.38. The molecule has 1 amide bonds. The predicted molar refractivity (Wildman–Crippen MR) is 144 cm³/mol. The summed E-state index contributed by atoms with van der Waals surface area (Å²) < 4.78 is 53.6. The molecule has 2 unspecified atom stereocenters. The van der Waals surface area contributed by atoms with Gasteiger partial charge in [0.15, 0.2) is 5.82 Å². The Balaban J connectivity index is 1.74. The number of anilines is 2. The number of methoxy groups -OCH3 is 1. The molecule has 15 heteroatoms. The highest BCUT2D eigenvalue weighted by Gasteiger charge is 2.25. The molecule has 1 fully saturated rings. The number of hydrogen-bond donors (Lipinski definition) is 3. The number of alkyl carbamates (subject to hydrolysis) is 1. The molecule has 0 aliphatic carbocycles. The third-order valence-electron chi connectivity index (χ3n) is 5.82. The van der Waals surface area contributed by atoms with Crippen LogP contribution in [0.3, 0.4) is 0 Å². The van der Waals surface area contributed by atoms with Crippen molar-refractivity contribution in [2.45, 2.75) is 38.5 Å². The number of benzene rings is 1. The highest BCUT2D eigenvalue weighted by molar-refractivity contribution is 7.92. The van der Waals surface area contributed by atoms with E-state index in [2.05, 4.69) is 35.2 Å². The van der Waals surface area contributed by atoms with Crippen molar-refractivity contribution in [2.75, 3.05) is 36.6 Å². The van der Waals surface area contributed by atoms with E-state index in [0.717, 1.165) is 25.5 Å². The van der Waals surface area contributed by atoms with Crippen LogP contribution in [0.1, 0.15) is 32.4 Å². The first-order chi connectivity index (χ1) is 18.5. The van der Waals surface area contributed by atoms with E-state index < -0.39 is 21.9 Å². The van der Waals surface area contributed by atoms with Crippen LogP contribution < -0.4 is 15.4 Å². The maximum Gasteiger partial charge on any atom is 0.407 e. The third kappa shape index (κ3) is 7.34. The molecule has 0 radical (unpaired) electrons. The number of ether oxygens (including phenoxy) is 2. The largest absolute Gasteiger partial charge is 0.453 e. The van der Waals surface area contributed by atoms with Crippen LogP contribution >= 0.6 is 11.6 Å². The zero-order valence-electron chi connectivity index (χ0n) is 21.6. The number of sulfonamides is 1. The fourth-order valence-electron chi connectivity index (χ4n) is 4.04. The Bertz CT molecular complexity index is 1450. The van der Waals surface area contributed by atoms with Crippen molar-refractivity contribution in [3.63, 3.8) is 0 Å². The summed E-state index contributed by atoms with van der Waals surface area (Å²) in [4.78, 5) is 20.2. The lowest BCUT2D eigenvalue weighted by Gasteiger charge is -2.22. The summed E-state index contributed by atoms with van der Waals surface area (Å²) >= 11 is 6.26. The van der Waals surface area contributed by atoms with Crippen molar-refractivity contribution in [1.82, 2.24) is 25.1 Å². The number of nitrogens with zero attached hydrogens (tertiary/aromatic N) is 4. The first kappa shape index (κ1) is 28.5. The van der Waals surface area contributed by atoms with Gasteiger partial charge in [-0.15, -0.1) is 0 Å². The van der Waals surface area contributed by atoms with E-state index in [9.17, 15) is 13.2 Å². The van der Waals surface area contributed by atoms with Gasteiger partial charge in [0.25, 0.3) is 0 Å². The van der Waals surface area contributed by atoms with Crippen LogP contribution in [0.2, 0.25) is 5.02 Å². The van der Waals surface area contributed by atoms with Gasteiger partial charge in [-0.3, -0.25) is 4.72 Å². The van der Waals surface area contributed by atoms with Gasteiger partial charge < -0.3 is 20.1 Å². The number of carbonyl (C=O) groups is 1. The number of carbonyl (C=O) groups excluding carboxylic acids is 1. The molecule has 12 nitrogen and oxygen atoms in total. The second-order valence-corrected chi connectivity index (χ2v) is 11.2. The van der Waals surface area contributed by atoms with Crippen LogP contribution in [0.25, 0.3) is 22.5 Å². The molecule has 1 aromatic carbocycles. The van der Waals surface area contributed by atoms with Crippen LogP contribution in [0.4, 0.5) is 20.8 Å². The lowest BCUT2D eigenvalue weighted by atomic mass is 10.0. The van der Waals surface area contributed by atoms with Crippen LogP contribution in [0, 0.1) is 5.82 Å². The molecular weight excluding hydrogens is 553 g/mol. The Hall–Kier alpha value is -3.49. The quantitative estimate of drug-likeness (QED) is 0.340. The number of hydrogen-bond acceptors (Lipinski definition) is 9. The van der Waals surface area contributed by atoms with Crippen molar-refractivity contribution in [3.8, 4) is 22.5 Å². The summed E-state index contributed by atoms with van der Waals surface area (Å²) in [5.74, 6) is -0.569. The van der Waals surface area contributed by atoms with Crippen LogP contribution in [-0.2, 0) is 19.5 Å². The summed E-state index contributed by atoms with van der Waals surface area (Å²) in [6, 6.07) is 3.93. The lowest BCUT2D eigenvalue weighted by Crippen LogP contribution is -2.37. The van der Waals surface area contributed by atoms with Crippen LogP contribution in [-0.4, -0.2) is 66.8 Å². The van der Waals surface area contributed by atoms with Crippen molar-refractivity contribution >= 4 is 39.4 Å². The molecule has 3 N–H and O–H groups in total. The summed E-state index contributed by atoms with van der Waals surface area (Å²) in [5.41, 5.74) is 0.775. The van der Waals surface area contributed by atoms with E-state index in [4.69, 9.17) is 16.3 Å². The summed E-state index contributed by atoms with van der Waals surface area (Å²) in [6.07, 6.45) is 5.86. The topological polar surface area (TPSA) is 149 Å². The molecule has 4 rings (SSSR count). The maximum atomic E-state index is 15.7. The predicted octanol–water partition coefficient (Wildman–Crippen LogP) is 4.03. The van der Waals surface area contributed by atoms with Crippen LogP contribution in [0.15, 0.2) is 30.6 Å². The highest BCUT2D eigenvalue weighted by atomic mass is 35.5. The van der Waals surface area contributed by atoms with Gasteiger partial charge >= 0.3 is 6.09 Å². The van der Waals surface area contributed by atoms with E-state index in [1.54, 1.807) is 23.9 Å². The fraction of sp³-hybridized carbons (Fsp3) is 0.417. The molecule has 210 valence electrons. The average molecular weight is 582 g/mol. The minimum atomic E-state index is -3.78. The molecule has 0 spiro atoms. The molecule has 1 aliphatic heterocycles. The molecule has 0 bridgehead atoms. The zero-order valence-corrected chi connectivity index (χ0v) is 23.1. The molecule has 1 aliphatic rings. The second kappa shape index (κ2) is 12.1. The third-order valence-corrected chi connectivity index (χ3v) is 6.63. The molecule has 39 heavy (non-hydrogen) atoms. The maximum absolute atomic E-state index is 15.7. The standard InChI is InChI=1S/C24H29ClFN7O5S/c1-14(29-24(34)37-2)12-28-23-27-8-7-18(30-23)17-13-33(20-6-4-5-9-38-20)31-22(17)16-10-15(25)11-19(21(16)26)32-39(3,35)36/h7-8,10-11,13-14,20,32H,4-6,9,12H2,1-3H3,(H,29,34)(H,27,28,30). The minimum Gasteiger partial charge on any atom is -0.453 e. The second-order valence-electron chi connectivity index (χ2n) is 9.07. The molecular formula is C24H29ClFN7O5S. The van der Waals surface area contributed by atoms with Gasteiger partial charge in [-0.05, 0) is 44.4 Å². The summed E-state index contributed by atoms with van der Waals surface area (Å²) in [7, 11) is -2.50. The number of rotatable bonds is 9. The lowest BCUT2D eigenvalue weighted by molar-refractivity contribution is -0.0393. The Morgan fingerprint density at radius 2 is 2.13 bits per heavy atom. The number of amides is 1. The van der Waals surface area contributed by atoms with E-state index in [-0.39, 0.29) is 40.2 Å². The zero-order chi connectivity index (χ0) is 28.2. The molecule has 1 saturated heterocycles. The van der Waals surface area contributed by atoms with Crippen molar-refractivity contribution in [3.05, 3.63) is 41.4 Å². The van der Waals surface area contributed by atoms with Crippen molar-refractivity contribution in [1.29, 1.82) is 0 Å². The SMILES string of the molecule is COC(=O)NC(C)CNc1nccc(-c2cn(C3CCCCO3)nc2-c2cc(Cl)cc(NS(C)(=O)=O)c2F)n1. The molecule has 2 aromatic heterocycles. The van der Waals surface area contributed by atoms with Gasteiger partial charge in [0.1, 0.15) is 11.9 Å². The molecule has 2 atom stereocenters. The number of aromatic nitrogens is 4. The van der Waals surface area contributed by atoms with E-state index in [1.165, 1.54) is 25.4 Å². The van der Waals surface area contributed by atoms with Gasteiger partial charge in [-0.25, -0.2) is 32.3 Å². The van der Waals surface area contributed by atoms with Gasteiger partial charge in [0.2, 0.25) is 16.0 Å². The van der Waals surface area contributed by atoms with E-state index in [1.807, 2.05) is 0 Å². The minimum absolute atomic E-state index is 0.0118. The average Bonchev–Trinajstić information content (AvgIpc) is 3.34. The molecule has 3 aromatic rings. The van der Waals surface area contributed by atoms with Crippen molar-refractivity contribution < 1.29 is 27.1 Å². The Morgan fingerprint density at radius 1 is 1.33 bits per heavy atom. The van der Waals surface area contributed by atoms with Crippen LogP contribution in [0.5, 0.6) is 0 Å². The van der Waals surface area contributed by atoms with Gasteiger partial charge in [0.05, 0.1) is 24.7 Å². The van der Waals surface area contributed by atoms with Gasteiger partial charge in [-0.1, -0.05) is 11.6 Å². The number of nitrogens with one attached hydrogen (secondary N) is 3. The van der Waals surface area contributed by atoms with E-state index >= 15 is 4.39 Å². The van der Waals surface area contributed by atoms with Gasteiger partial charge in [-0.2, -0.15) is 5.10 Å². The molecule has 3 heterocycles. The number of halogens is 2.